The Balaban J connectivity index is 1.73. The van der Waals surface area contributed by atoms with Crippen molar-refractivity contribution in [3.8, 4) is 0 Å². The third-order valence-electron chi connectivity index (χ3n) is 3.55. The molecule has 1 saturated heterocycles. The molecule has 2 N–H and O–H groups in total. The van der Waals surface area contributed by atoms with Crippen molar-refractivity contribution in [3.05, 3.63) is 18.2 Å². The second kappa shape index (κ2) is 6.00. The Kier molecular flexibility index (Phi) is 4.36. The van der Waals surface area contributed by atoms with E-state index < -0.39 is 0 Å². The molecule has 0 radical (unpaired) electrons. The first kappa shape index (κ1) is 13.1. The van der Waals surface area contributed by atoms with Crippen molar-refractivity contribution < 1.29 is 4.79 Å². The highest BCUT2D eigenvalue weighted by molar-refractivity contribution is 5.81. The lowest BCUT2D eigenvalue weighted by molar-refractivity contribution is -0.124. The molecule has 1 aliphatic rings. The Labute approximate surface area is 108 Å². The number of imidazole rings is 1. The first-order valence-corrected chi connectivity index (χ1v) is 6.64. The number of nitrogens with zero attached hydrogens (tertiary/aromatic N) is 2. The van der Waals surface area contributed by atoms with Crippen molar-refractivity contribution in [2.24, 2.45) is 13.0 Å². The van der Waals surface area contributed by atoms with Gasteiger partial charge in [-0.3, -0.25) is 4.79 Å². The summed E-state index contributed by atoms with van der Waals surface area (Å²) in [6, 6.07) is -0.0184. The maximum absolute atomic E-state index is 12.0. The van der Waals surface area contributed by atoms with Crippen LogP contribution in [-0.4, -0.2) is 34.6 Å². The van der Waals surface area contributed by atoms with Gasteiger partial charge in [0.1, 0.15) is 5.82 Å². The highest BCUT2D eigenvalue weighted by atomic mass is 16.2. The summed E-state index contributed by atoms with van der Waals surface area (Å²) in [4.78, 5) is 16.2. The van der Waals surface area contributed by atoms with Gasteiger partial charge in [-0.05, 0) is 25.3 Å². The van der Waals surface area contributed by atoms with Gasteiger partial charge in [0, 0.05) is 32.4 Å². The first-order valence-electron chi connectivity index (χ1n) is 6.64. The minimum Gasteiger partial charge on any atom is -0.354 e. The molecule has 18 heavy (non-hydrogen) atoms. The minimum absolute atomic E-state index is 0.0184. The molecule has 5 nitrogen and oxygen atoms in total. The van der Waals surface area contributed by atoms with Gasteiger partial charge in [-0.15, -0.1) is 0 Å². The molecule has 1 fully saturated rings. The number of amides is 1. The van der Waals surface area contributed by atoms with Crippen molar-refractivity contribution in [1.82, 2.24) is 20.2 Å². The van der Waals surface area contributed by atoms with E-state index in [1.807, 2.05) is 17.8 Å². The largest absolute Gasteiger partial charge is 0.354 e. The lowest BCUT2D eigenvalue weighted by Gasteiger charge is -2.27. The Morgan fingerprint density at radius 2 is 2.50 bits per heavy atom. The predicted octanol–water partition coefficient (Wildman–Crippen LogP) is 0.467. The van der Waals surface area contributed by atoms with Crippen LogP contribution in [0.15, 0.2) is 12.4 Å². The van der Waals surface area contributed by atoms with Gasteiger partial charge in [0.2, 0.25) is 5.91 Å². The molecule has 1 aromatic heterocycles. The summed E-state index contributed by atoms with van der Waals surface area (Å²) >= 11 is 0. The van der Waals surface area contributed by atoms with E-state index in [1.165, 1.54) is 0 Å². The van der Waals surface area contributed by atoms with Gasteiger partial charge >= 0.3 is 0 Å². The molecule has 0 bridgehead atoms. The van der Waals surface area contributed by atoms with Crippen LogP contribution < -0.4 is 10.6 Å². The summed E-state index contributed by atoms with van der Waals surface area (Å²) in [6.07, 6.45) is 6.58. The molecule has 0 saturated carbocycles. The van der Waals surface area contributed by atoms with Crippen LogP contribution in [0.25, 0.3) is 0 Å². The van der Waals surface area contributed by atoms with E-state index in [4.69, 9.17) is 0 Å². The maximum atomic E-state index is 12.0. The monoisotopic (exact) mass is 250 g/mol. The molecule has 0 aliphatic carbocycles. The number of hydrogen-bond donors (Lipinski definition) is 2. The summed E-state index contributed by atoms with van der Waals surface area (Å²) in [5, 5.41) is 6.26. The Hall–Kier alpha value is -1.36. The zero-order valence-electron chi connectivity index (χ0n) is 11.1. The van der Waals surface area contributed by atoms with Crippen LogP contribution in [0.4, 0.5) is 0 Å². The normalized spacial score (nSPS) is 23.9. The summed E-state index contributed by atoms with van der Waals surface area (Å²) in [5.41, 5.74) is 0. The van der Waals surface area contributed by atoms with Gasteiger partial charge in [-0.2, -0.15) is 0 Å². The fraction of sp³-hybridized carbons (Fsp3) is 0.692. The SMILES string of the molecule is CC1CCNC(C(=O)NCCc2nccn2C)C1. The van der Waals surface area contributed by atoms with Crippen LogP contribution in [-0.2, 0) is 18.3 Å². The van der Waals surface area contributed by atoms with E-state index in [1.54, 1.807) is 6.20 Å². The highest BCUT2D eigenvalue weighted by Gasteiger charge is 2.23. The van der Waals surface area contributed by atoms with Crippen molar-refractivity contribution in [3.63, 3.8) is 0 Å². The molecule has 2 unspecified atom stereocenters. The van der Waals surface area contributed by atoms with Gasteiger partial charge in [-0.1, -0.05) is 6.92 Å². The van der Waals surface area contributed by atoms with Gasteiger partial charge in [0.15, 0.2) is 0 Å². The molecular formula is C13H22N4O. The molecule has 2 heterocycles. The highest BCUT2D eigenvalue weighted by Crippen LogP contribution is 2.14. The number of piperidine rings is 1. The van der Waals surface area contributed by atoms with E-state index in [9.17, 15) is 4.79 Å². The predicted molar refractivity (Wildman–Crippen MR) is 70.1 cm³/mol. The molecule has 0 aromatic carbocycles. The van der Waals surface area contributed by atoms with Crippen LogP contribution in [0.1, 0.15) is 25.6 Å². The fourth-order valence-corrected chi connectivity index (χ4v) is 2.37. The van der Waals surface area contributed by atoms with Gasteiger partial charge in [0.05, 0.1) is 6.04 Å². The number of nitrogens with one attached hydrogen (secondary N) is 2. The average Bonchev–Trinajstić information content (AvgIpc) is 2.75. The van der Waals surface area contributed by atoms with Crippen LogP contribution >= 0.6 is 0 Å². The zero-order chi connectivity index (χ0) is 13.0. The Morgan fingerprint density at radius 3 is 3.17 bits per heavy atom. The van der Waals surface area contributed by atoms with Crippen molar-refractivity contribution in [1.29, 1.82) is 0 Å². The maximum Gasteiger partial charge on any atom is 0.237 e. The van der Waals surface area contributed by atoms with E-state index in [2.05, 4.69) is 22.5 Å². The van der Waals surface area contributed by atoms with Crippen molar-refractivity contribution in [2.75, 3.05) is 13.1 Å². The molecule has 0 spiro atoms. The van der Waals surface area contributed by atoms with E-state index in [0.29, 0.717) is 12.5 Å². The van der Waals surface area contributed by atoms with Crippen LogP contribution in [0.5, 0.6) is 0 Å². The Morgan fingerprint density at radius 1 is 1.67 bits per heavy atom. The summed E-state index contributed by atoms with van der Waals surface area (Å²) in [6.45, 7) is 3.80. The van der Waals surface area contributed by atoms with Gasteiger partial charge in [0.25, 0.3) is 0 Å². The van der Waals surface area contributed by atoms with Crippen molar-refractivity contribution in [2.45, 2.75) is 32.2 Å². The van der Waals surface area contributed by atoms with E-state index in [0.717, 1.165) is 31.6 Å². The molecular weight excluding hydrogens is 228 g/mol. The topological polar surface area (TPSA) is 59.0 Å². The van der Waals surface area contributed by atoms with Gasteiger partial charge < -0.3 is 15.2 Å². The van der Waals surface area contributed by atoms with Crippen molar-refractivity contribution >= 4 is 5.91 Å². The zero-order valence-corrected chi connectivity index (χ0v) is 11.1. The number of aryl methyl sites for hydroxylation is 1. The number of hydrogen-bond acceptors (Lipinski definition) is 3. The number of carbonyl (C=O) groups is 1. The quantitative estimate of drug-likeness (QED) is 0.816. The molecule has 5 heteroatoms. The number of rotatable bonds is 4. The molecule has 1 aliphatic heterocycles. The molecule has 1 aromatic rings. The molecule has 100 valence electrons. The lowest BCUT2D eigenvalue weighted by atomic mass is 9.94. The molecule has 2 rings (SSSR count). The smallest absolute Gasteiger partial charge is 0.237 e. The number of carbonyl (C=O) groups excluding carboxylic acids is 1. The fourth-order valence-electron chi connectivity index (χ4n) is 2.37. The second-order valence-electron chi connectivity index (χ2n) is 5.13. The third-order valence-corrected chi connectivity index (χ3v) is 3.55. The summed E-state index contributed by atoms with van der Waals surface area (Å²) < 4.78 is 1.98. The minimum atomic E-state index is -0.0184. The summed E-state index contributed by atoms with van der Waals surface area (Å²) in [5.74, 6) is 1.76. The standard InChI is InChI=1S/C13H22N4O/c1-10-3-5-14-11(9-10)13(18)16-6-4-12-15-7-8-17(12)2/h7-8,10-11,14H,3-6,9H2,1-2H3,(H,16,18). The third kappa shape index (κ3) is 3.32. The molecule has 1 amide bonds. The lowest BCUT2D eigenvalue weighted by Crippen LogP contribution is -2.48. The van der Waals surface area contributed by atoms with Crippen LogP contribution in [0.3, 0.4) is 0 Å². The number of aromatic nitrogens is 2. The van der Waals surface area contributed by atoms with Gasteiger partial charge in [-0.25, -0.2) is 4.98 Å². The second-order valence-corrected chi connectivity index (χ2v) is 5.13. The average molecular weight is 250 g/mol. The van der Waals surface area contributed by atoms with Crippen LogP contribution in [0, 0.1) is 5.92 Å². The summed E-state index contributed by atoms with van der Waals surface area (Å²) in [7, 11) is 1.97. The molecule has 2 atom stereocenters. The van der Waals surface area contributed by atoms with E-state index >= 15 is 0 Å². The first-order chi connectivity index (χ1) is 8.66. The van der Waals surface area contributed by atoms with Crippen LogP contribution in [0.2, 0.25) is 0 Å². The Bertz CT molecular complexity index is 401. The van der Waals surface area contributed by atoms with E-state index in [-0.39, 0.29) is 11.9 Å².